The summed E-state index contributed by atoms with van der Waals surface area (Å²) in [5, 5.41) is 5.81. The van der Waals surface area contributed by atoms with E-state index in [0.29, 0.717) is 12.3 Å². The molecule has 0 rings (SSSR count). The Morgan fingerprint density at radius 3 is 2.04 bits per heavy atom. The van der Waals surface area contributed by atoms with Crippen molar-refractivity contribution in [1.29, 1.82) is 0 Å². The van der Waals surface area contributed by atoms with Crippen molar-refractivity contribution in [2.75, 3.05) is 12.3 Å². The monoisotopic (exact) mass is 377 g/mol. The average Bonchev–Trinajstić information content (AvgIpc) is 2.40. The lowest BCUT2D eigenvalue weighted by molar-refractivity contribution is -0.131. The minimum absolute atomic E-state index is 0.0123. The number of likely N-dealkylation sites (N-methyl/N-ethyl adjacent to an activating group) is 1. The molecule has 8 heteroatoms. The Labute approximate surface area is 153 Å². The van der Waals surface area contributed by atoms with Gasteiger partial charge in [0.2, 0.25) is 11.8 Å². The molecule has 0 aromatic carbocycles. The van der Waals surface area contributed by atoms with Gasteiger partial charge in [-0.1, -0.05) is 49.3 Å². The van der Waals surface area contributed by atoms with Crippen LogP contribution in [0.15, 0.2) is 0 Å². The third-order valence-corrected chi connectivity index (χ3v) is 6.63. The fraction of sp³-hybridized carbons (Fsp3) is 0.812. The molecule has 2 amide bonds. The number of hydrogen-bond acceptors (Lipinski definition) is 6. The lowest BCUT2D eigenvalue weighted by Crippen LogP contribution is -2.53. The van der Waals surface area contributed by atoms with Crippen LogP contribution in [0.2, 0.25) is 0 Å². The molecule has 0 aliphatic heterocycles. The van der Waals surface area contributed by atoms with Gasteiger partial charge in [0.1, 0.15) is 6.04 Å². The number of amides is 2. The Kier molecular flexibility index (Phi) is 9.38. The van der Waals surface area contributed by atoms with Crippen LogP contribution in [-0.2, 0) is 14.4 Å². The van der Waals surface area contributed by atoms with Crippen molar-refractivity contribution in [3.8, 4) is 0 Å². The summed E-state index contributed by atoms with van der Waals surface area (Å²) in [4.78, 5) is 35.5. The first-order valence-corrected chi connectivity index (χ1v) is 10.3. The molecule has 0 aromatic heterocycles. The molecule has 0 saturated carbocycles. The molecule has 0 heterocycles. The summed E-state index contributed by atoms with van der Waals surface area (Å²) in [6.45, 7) is 13.3. The SMILES string of the molecule is CCNC(C(N)=O)C(C)(C)SSCC(NC(C)=O)C(=O)C(C)(C)C. The zero-order chi connectivity index (χ0) is 19.1. The lowest BCUT2D eigenvalue weighted by Gasteiger charge is -2.32. The summed E-state index contributed by atoms with van der Waals surface area (Å²) >= 11 is 0. The van der Waals surface area contributed by atoms with Crippen molar-refractivity contribution in [2.24, 2.45) is 11.1 Å². The third-order valence-electron chi connectivity index (χ3n) is 3.33. The number of hydrogen-bond donors (Lipinski definition) is 3. The Morgan fingerprint density at radius 2 is 1.67 bits per heavy atom. The summed E-state index contributed by atoms with van der Waals surface area (Å²) in [7, 11) is 2.95. The average molecular weight is 378 g/mol. The molecule has 0 aromatic rings. The fourth-order valence-electron chi connectivity index (χ4n) is 2.15. The van der Waals surface area contributed by atoms with Crippen molar-refractivity contribution in [2.45, 2.75) is 65.3 Å². The van der Waals surface area contributed by atoms with Crippen molar-refractivity contribution >= 4 is 39.2 Å². The molecule has 0 aliphatic rings. The molecule has 0 radical (unpaired) electrons. The molecule has 0 bridgehead atoms. The van der Waals surface area contributed by atoms with Crippen molar-refractivity contribution in [1.82, 2.24) is 10.6 Å². The van der Waals surface area contributed by atoms with Crippen molar-refractivity contribution < 1.29 is 14.4 Å². The highest BCUT2D eigenvalue weighted by Crippen LogP contribution is 2.38. The van der Waals surface area contributed by atoms with E-state index in [1.165, 1.54) is 28.5 Å². The quantitative estimate of drug-likeness (QED) is 0.501. The predicted molar refractivity (Wildman–Crippen MR) is 103 cm³/mol. The summed E-state index contributed by atoms with van der Waals surface area (Å²) in [6.07, 6.45) is 0. The molecular weight excluding hydrogens is 346 g/mol. The van der Waals surface area contributed by atoms with Crippen LogP contribution < -0.4 is 16.4 Å². The first-order chi connectivity index (χ1) is 10.8. The van der Waals surface area contributed by atoms with E-state index in [1.807, 2.05) is 41.5 Å². The second kappa shape index (κ2) is 9.68. The molecule has 24 heavy (non-hydrogen) atoms. The summed E-state index contributed by atoms with van der Waals surface area (Å²) in [6, 6.07) is -1.03. The van der Waals surface area contributed by atoms with E-state index < -0.39 is 28.2 Å². The predicted octanol–water partition coefficient (Wildman–Crippen LogP) is 1.73. The molecule has 6 nitrogen and oxygen atoms in total. The van der Waals surface area contributed by atoms with Gasteiger partial charge >= 0.3 is 0 Å². The van der Waals surface area contributed by atoms with E-state index >= 15 is 0 Å². The molecule has 0 spiro atoms. The largest absolute Gasteiger partial charge is 0.368 e. The maximum Gasteiger partial charge on any atom is 0.236 e. The van der Waals surface area contributed by atoms with E-state index in [4.69, 9.17) is 5.73 Å². The third kappa shape index (κ3) is 7.90. The maximum absolute atomic E-state index is 12.5. The maximum atomic E-state index is 12.5. The minimum atomic E-state index is -0.554. The zero-order valence-electron chi connectivity index (χ0n) is 15.7. The van der Waals surface area contributed by atoms with Crippen LogP contribution in [0, 0.1) is 5.41 Å². The Bertz CT molecular complexity index is 462. The topological polar surface area (TPSA) is 101 Å². The highest BCUT2D eigenvalue weighted by atomic mass is 33.1. The van der Waals surface area contributed by atoms with Gasteiger partial charge in [-0.2, -0.15) is 0 Å². The molecule has 4 N–H and O–H groups in total. The van der Waals surface area contributed by atoms with Gasteiger partial charge in [-0.25, -0.2) is 0 Å². The normalized spacial score (nSPS) is 14.8. The molecular formula is C16H31N3O3S2. The van der Waals surface area contributed by atoms with Gasteiger partial charge < -0.3 is 16.4 Å². The number of Topliss-reactive ketones (excluding diaryl/α,β-unsaturated/α-hetero) is 1. The highest BCUT2D eigenvalue weighted by molar-refractivity contribution is 8.77. The van der Waals surface area contributed by atoms with E-state index in [1.54, 1.807) is 0 Å². The number of nitrogens with one attached hydrogen (secondary N) is 2. The van der Waals surface area contributed by atoms with Gasteiger partial charge in [-0.3, -0.25) is 14.4 Å². The van der Waals surface area contributed by atoms with Gasteiger partial charge in [0.15, 0.2) is 5.78 Å². The van der Waals surface area contributed by atoms with Gasteiger partial charge in [0.05, 0.1) is 6.04 Å². The standard InChI is InChI=1S/C16H31N3O3S2/c1-8-18-12(14(17)22)16(6,7)24-23-9-11(19-10(2)20)13(21)15(3,4)5/h11-12,18H,8-9H2,1-7H3,(H2,17,22)(H,19,20). The van der Waals surface area contributed by atoms with Crippen molar-refractivity contribution in [3.63, 3.8) is 0 Å². The van der Waals surface area contributed by atoms with E-state index in [-0.39, 0.29) is 11.7 Å². The Balaban J connectivity index is 4.89. The van der Waals surface area contributed by atoms with Crippen LogP contribution in [0.3, 0.4) is 0 Å². The smallest absolute Gasteiger partial charge is 0.236 e. The summed E-state index contributed by atoms with van der Waals surface area (Å²) in [5.41, 5.74) is 4.94. The molecule has 0 fully saturated rings. The molecule has 0 saturated heterocycles. The fourth-order valence-corrected chi connectivity index (χ4v) is 5.00. The molecule has 140 valence electrons. The zero-order valence-corrected chi connectivity index (χ0v) is 17.3. The summed E-state index contributed by atoms with van der Waals surface area (Å²) < 4.78 is -0.446. The van der Waals surface area contributed by atoms with E-state index in [0.717, 1.165) is 0 Å². The Hall–Kier alpha value is -0.730. The minimum Gasteiger partial charge on any atom is -0.368 e. The highest BCUT2D eigenvalue weighted by Gasteiger charge is 2.35. The number of ketones is 1. The van der Waals surface area contributed by atoms with Crippen molar-refractivity contribution in [3.05, 3.63) is 0 Å². The number of primary amides is 1. The van der Waals surface area contributed by atoms with Crippen LogP contribution in [0.5, 0.6) is 0 Å². The number of nitrogens with two attached hydrogens (primary N) is 1. The van der Waals surface area contributed by atoms with Crippen LogP contribution in [-0.4, -0.2) is 46.7 Å². The first-order valence-electron chi connectivity index (χ1n) is 7.97. The van der Waals surface area contributed by atoms with Crippen LogP contribution in [0.25, 0.3) is 0 Å². The van der Waals surface area contributed by atoms with Gasteiger partial charge in [0, 0.05) is 22.8 Å². The van der Waals surface area contributed by atoms with Crippen LogP contribution in [0.1, 0.15) is 48.5 Å². The number of carbonyl (C=O) groups is 3. The van der Waals surface area contributed by atoms with Crippen LogP contribution >= 0.6 is 21.6 Å². The van der Waals surface area contributed by atoms with Gasteiger partial charge in [0.25, 0.3) is 0 Å². The van der Waals surface area contributed by atoms with E-state index in [9.17, 15) is 14.4 Å². The van der Waals surface area contributed by atoms with E-state index in [2.05, 4.69) is 10.6 Å². The number of carbonyl (C=O) groups excluding carboxylic acids is 3. The van der Waals surface area contributed by atoms with Gasteiger partial charge in [-0.05, 0) is 20.4 Å². The molecule has 2 atom stereocenters. The first kappa shape index (κ1) is 23.3. The second-order valence-electron chi connectivity index (χ2n) is 7.23. The summed E-state index contributed by atoms with van der Waals surface area (Å²) in [5.74, 6) is -0.215. The lowest BCUT2D eigenvalue weighted by atomic mass is 9.87. The van der Waals surface area contributed by atoms with Gasteiger partial charge in [-0.15, -0.1) is 0 Å². The molecule has 2 unspecified atom stereocenters. The number of rotatable bonds is 10. The van der Waals surface area contributed by atoms with Crippen LogP contribution in [0.4, 0.5) is 0 Å². The molecule has 0 aliphatic carbocycles. The second-order valence-corrected chi connectivity index (χ2v) is 10.2. The Morgan fingerprint density at radius 1 is 1.12 bits per heavy atom.